The molecule has 0 bridgehead atoms. The van der Waals surface area contributed by atoms with Gasteiger partial charge < -0.3 is 15.2 Å². The van der Waals surface area contributed by atoms with E-state index >= 15 is 0 Å². The van der Waals surface area contributed by atoms with Gasteiger partial charge in [0.25, 0.3) is 0 Å². The third kappa shape index (κ3) is 3.64. The van der Waals surface area contributed by atoms with Gasteiger partial charge in [0.2, 0.25) is 5.91 Å². The molecule has 0 radical (unpaired) electrons. The average Bonchev–Trinajstić information content (AvgIpc) is 2.83. The number of hydrogen-bond donors (Lipinski definition) is 2. The topological polar surface area (TPSA) is 58.6 Å². The molecule has 0 saturated heterocycles. The molecule has 2 N–H and O–H groups in total. The summed E-state index contributed by atoms with van der Waals surface area (Å²) in [4.78, 5) is 11.3. The number of rotatable bonds is 6. The summed E-state index contributed by atoms with van der Waals surface area (Å²) >= 11 is 0. The Morgan fingerprint density at radius 1 is 1.71 bits per heavy atom. The van der Waals surface area contributed by atoms with Crippen LogP contribution in [-0.4, -0.2) is 37.4 Å². The van der Waals surface area contributed by atoms with Gasteiger partial charge in [-0.1, -0.05) is 6.92 Å². The molecule has 0 aromatic rings. The fourth-order valence-corrected chi connectivity index (χ4v) is 1.46. The van der Waals surface area contributed by atoms with Gasteiger partial charge in [-0.3, -0.25) is 4.79 Å². The zero-order valence-electron chi connectivity index (χ0n) is 8.82. The molecule has 82 valence electrons. The number of methoxy groups -OCH3 is 1. The molecule has 0 spiro atoms. The Balaban J connectivity index is 2.00. The lowest BCUT2D eigenvalue weighted by molar-refractivity contribution is -0.122. The van der Waals surface area contributed by atoms with Crippen LogP contribution in [0.5, 0.6) is 0 Å². The van der Waals surface area contributed by atoms with Crippen molar-refractivity contribution in [2.75, 3.05) is 20.3 Å². The van der Waals surface area contributed by atoms with Gasteiger partial charge >= 0.3 is 0 Å². The van der Waals surface area contributed by atoms with Gasteiger partial charge in [-0.15, -0.1) is 0 Å². The lowest BCUT2D eigenvalue weighted by atomic mass is 10.2. The van der Waals surface area contributed by atoms with Crippen LogP contribution in [0, 0.1) is 11.8 Å². The van der Waals surface area contributed by atoms with Crippen molar-refractivity contribution in [3.05, 3.63) is 0 Å². The number of amides is 1. The number of ether oxygens (including phenoxy) is 1. The maximum Gasteiger partial charge on any atom is 0.223 e. The summed E-state index contributed by atoms with van der Waals surface area (Å²) in [7, 11) is 1.55. The molecule has 1 amide bonds. The minimum absolute atomic E-state index is 0.127. The molecule has 4 heteroatoms. The van der Waals surface area contributed by atoms with Crippen molar-refractivity contribution in [2.24, 2.45) is 11.8 Å². The number of nitrogens with one attached hydrogen (secondary N) is 1. The van der Waals surface area contributed by atoms with E-state index in [-0.39, 0.29) is 11.8 Å². The monoisotopic (exact) mass is 201 g/mol. The molecule has 1 rings (SSSR count). The minimum Gasteiger partial charge on any atom is -0.391 e. The van der Waals surface area contributed by atoms with Crippen molar-refractivity contribution >= 4 is 5.91 Å². The van der Waals surface area contributed by atoms with Crippen LogP contribution < -0.4 is 5.32 Å². The first-order valence-electron chi connectivity index (χ1n) is 5.10. The molecule has 4 nitrogen and oxygen atoms in total. The highest BCUT2D eigenvalue weighted by molar-refractivity contribution is 5.81. The highest BCUT2D eigenvalue weighted by Gasteiger charge is 2.38. The fraction of sp³-hybridized carbons (Fsp3) is 0.900. The van der Waals surface area contributed by atoms with Crippen molar-refractivity contribution in [3.63, 3.8) is 0 Å². The summed E-state index contributed by atoms with van der Waals surface area (Å²) in [6, 6.07) is 0. The van der Waals surface area contributed by atoms with Crippen molar-refractivity contribution in [1.82, 2.24) is 5.32 Å². The molecule has 1 fully saturated rings. The van der Waals surface area contributed by atoms with Crippen LogP contribution in [0.4, 0.5) is 0 Å². The molecule has 0 aromatic carbocycles. The first-order valence-corrected chi connectivity index (χ1v) is 5.10. The van der Waals surface area contributed by atoms with Crippen LogP contribution in [0.3, 0.4) is 0 Å². The SMILES string of the molecule is COCC(O)CCNC(=O)C1CC1C. The van der Waals surface area contributed by atoms with Crippen LogP contribution in [0.15, 0.2) is 0 Å². The predicted molar refractivity (Wildman–Crippen MR) is 52.8 cm³/mol. The normalized spacial score (nSPS) is 27.1. The summed E-state index contributed by atoms with van der Waals surface area (Å²) < 4.78 is 4.78. The first kappa shape index (κ1) is 11.5. The Labute approximate surface area is 84.6 Å². The third-order valence-electron chi connectivity index (χ3n) is 2.58. The van der Waals surface area contributed by atoms with Gasteiger partial charge in [0.1, 0.15) is 0 Å². The van der Waals surface area contributed by atoms with E-state index in [1.807, 2.05) is 0 Å². The molecule has 1 aliphatic carbocycles. The van der Waals surface area contributed by atoms with Crippen LogP contribution in [-0.2, 0) is 9.53 Å². The largest absolute Gasteiger partial charge is 0.391 e. The number of hydrogen-bond acceptors (Lipinski definition) is 3. The molecular weight excluding hydrogens is 182 g/mol. The Morgan fingerprint density at radius 2 is 2.36 bits per heavy atom. The summed E-state index contributed by atoms with van der Waals surface area (Å²) in [5.74, 6) is 0.885. The van der Waals surface area contributed by atoms with Gasteiger partial charge in [-0.25, -0.2) is 0 Å². The number of aliphatic hydroxyl groups is 1. The second-order valence-electron chi connectivity index (χ2n) is 4.01. The van der Waals surface area contributed by atoms with Crippen molar-refractivity contribution in [1.29, 1.82) is 0 Å². The van der Waals surface area contributed by atoms with E-state index < -0.39 is 6.10 Å². The molecule has 0 aromatic heterocycles. The van der Waals surface area contributed by atoms with Gasteiger partial charge in [-0.2, -0.15) is 0 Å². The average molecular weight is 201 g/mol. The van der Waals surface area contributed by atoms with E-state index in [0.29, 0.717) is 25.5 Å². The van der Waals surface area contributed by atoms with Crippen LogP contribution in [0.25, 0.3) is 0 Å². The van der Waals surface area contributed by atoms with E-state index in [1.54, 1.807) is 7.11 Å². The quantitative estimate of drug-likeness (QED) is 0.643. The summed E-state index contributed by atoms with van der Waals surface area (Å²) in [6.07, 6.45) is 1.09. The van der Waals surface area contributed by atoms with Crippen LogP contribution >= 0.6 is 0 Å². The maximum absolute atomic E-state index is 11.3. The van der Waals surface area contributed by atoms with Gasteiger partial charge in [0, 0.05) is 19.6 Å². The van der Waals surface area contributed by atoms with E-state index in [4.69, 9.17) is 4.74 Å². The fourth-order valence-electron chi connectivity index (χ4n) is 1.46. The van der Waals surface area contributed by atoms with E-state index in [1.165, 1.54) is 0 Å². The maximum atomic E-state index is 11.3. The van der Waals surface area contributed by atoms with E-state index in [2.05, 4.69) is 12.2 Å². The Bertz CT molecular complexity index is 196. The molecule has 1 saturated carbocycles. The number of carbonyl (C=O) groups is 1. The second kappa shape index (κ2) is 5.32. The molecular formula is C10H19NO3. The lowest BCUT2D eigenvalue weighted by Crippen LogP contribution is -2.29. The third-order valence-corrected chi connectivity index (χ3v) is 2.58. The number of carbonyl (C=O) groups excluding carboxylic acids is 1. The van der Waals surface area contributed by atoms with Gasteiger partial charge in [0.15, 0.2) is 0 Å². The molecule has 1 aliphatic rings. The minimum atomic E-state index is -0.475. The Hall–Kier alpha value is -0.610. The highest BCUT2D eigenvalue weighted by Crippen LogP contribution is 2.37. The zero-order chi connectivity index (χ0) is 10.6. The van der Waals surface area contributed by atoms with E-state index in [0.717, 1.165) is 6.42 Å². The molecule has 14 heavy (non-hydrogen) atoms. The summed E-state index contributed by atoms with van der Waals surface area (Å²) in [6.45, 7) is 2.94. The molecule has 0 heterocycles. The van der Waals surface area contributed by atoms with Crippen molar-refractivity contribution < 1.29 is 14.6 Å². The molecule has 3 atom stereocenters. The predicted octanol–water partition coefficient (Wildman–Crippen LogP) is 0.156. The summed E-state index contributed by atoms with van der Waals surface area (Å²) in [5, 5.41) is 12.1. The smallest absolute Gasteiger partial charge is 0.223 e. The number of aliphatic hydroxyl groups excluding tert-OH is 1. The Morgan fingerprint density at radius 3 is 2.86 bits per heavy atom. The van der Waals surface area contributed by atoms with Gasteiger partial charge in [-0.05, 0) is 18.8 Å². The highest BCUT2D eigenvalue weighted by atomic mass is 16.5. The van der Waals surface area contributed by atoms with E-state index in [9.17, 15) is 9.90 Å². The molecule has 3 unspecified atom stereocenters. The molecule has 0 aliphatic heterocycles. The Kier molecular flexibility index (Phi) is 4.35. The first-order chi connectivity index (χ1) is 6.65. The van der Waals surface area contributed by atoms with Crippen molar-refractivity contribution in [3.8, 4) is 0 Å². The van der Waals surface area contributed by atoms with Crippen LogP contribution in [0.1, 0.15) is 19.8 Å². The standard InChI is InChI=1S/C10H19NO3/c1-7-5-9(7)10(13)11-4-3-8(12)6-14-2/h7-9,12H,3-6H2,1-2H3,(H,11,13). The summed E-state index contributed by atoms with van der Waals surface area (Å²) in [5.41, 5.74) is 0. The lowest BCUT2D eigenvalue weighted by Gasteiger charge is -2.09. The zero-order valence-corrected chi connectivity index (χ0v) is 8.82. The van der Waals surface area contributed by atoms with Crippen molar-refractivity contribution in [2.45, 2.75) is 25.9 Å². The van der Waals surface area contributed by atoms with Crippen LogP contribution in [0.2, 0.25) is 0 Å². The second-order valence-corrected chi connectivity index (χ2v) is 4.01. The van der Waals surface area contributed by atoms with Gasteiger partial charge in [0.05, 0.1) is 12.7 Å².